The van der Waals surface area contributed by atoms with Gasteiger partial charge in [-0.25, -0.2) is 0 Å². The van der Waals surface area contributed by atoms with Crippen LogP contribution in [0.4, 0.5) is 10.1 Å². The predicted octanol–water partition coefficient (Wildman–Crippen LogP) is 3.24. The van der Waals surface area contributed by atoms with Gasteiger partial charge in [-0.1, -0.05) is 13.8 Å². The zero-order valence-corrected chi connectivity index (χ0v) is 10.7. The third-order valence-electron chi connectivity index (χ3n) is 1.41. The van der Waals surface area contributed by atoms with Gasteiger partial charge in [-0.2, -0.15) is 17.7 Å². The van der Waals surface area contributed by atoms with E-state index in [0.29, 0.717) is 5.56 Å². The maximum atomic E-state index is 12.9. The Morgan fingerprint density at radius 1 is 1.46 bits per heavy atom. The van der Waals surface area contributed by atoms with Crippen molar-refractivity contribution in [1.29, 1.82) is 0 Å². The van der Waals surface area contributed by atoms with Gasteiger partial charge in [-0.3, -0.25) is 9.24 Å². The monoisotopic (exact) mass is 347 g/mol. The van der Waals surface area contributed by atoms with Crippen LogP contribution in [0.15, 0.2) is 6.07 Å². The molecule has 0 amide bonds. The molecule has 0 aliphatic rings. The minimum atomic E-state index is -0.453. The molecule has 0 aliphatic heterocycles. The van der Waals surface area contributed by atoms with Gasteiger partial charge in [0.05, 0.1) is 6.57 Å². The van der Waals surface area contributed by atoms with E-state index in [1.54, 1.807) is 19.9 Å². The third-order valence-corrected chi connectivity index (χ3v) is 1.41. The summed E-state index contributed by atoms with van der Waals surface area (Å²) in [4.78, 5) is 3.01. The van der Waals surface area contributed by atoms with Crippen molar-refractivity contribution in [3.63, 3.8) is 0 Å². The normalized spacial score (nSPS) is 7.85. The average Bonchev–Trinajstić information content (AvgIpc) is 1.96. The molecule has 0 bridgehead atoms. The minimum absolute atomic E-state index is 0. The van der Waals surface area contributed by atoms with Crippen LogP contribution in [-0.4, -0.2) is 0 Å². The molecule has 0 aromatic heterocycles. The van der Waals surface area contributed by atoms with Crippen molar-refractivity contribution in [2.75, 3.05) is 0 Å². The molecule has 0 heterocycles. The fraction of sp³-hybridized carbons (Fsp3) is 0.200. The first-order valence-corrected chi connectivity index (χ1v) is 3.21. The first kappa shape index (κ1) is 14.8. The molecule has 0 unspecified atom stereocenters. The van der Waals surface area contributed by atoms with Crippen molar-refractivity contribution in [1.82, 2.24) is 0 Å². The standard InChI is InChI=1S/C9H7FN.CH3.W/c1-6-4-7(2)9(10)8(5-6)11-3;;/h4H,1-2H3;1H3;/q2*-1;+2. The molecule has 0 radical (unpaired) electrons. The van der Waals surface area contributed by atoms with E-state index in [9.17, 15) is 4.39 Å². The Morgan fingerprint density at radius 3 is 2.46 bits per heavy atom. The van der Waals surface area contributed by atoms with Crippen LogP contribution in [0.3, 0.4) is 0 Å². The maximum Gasteiger partial charge on any atom is 2.00 e. The van der Waals surface area contributed by atoms with E-state index in [1.807, 2.05) is 0 Å². The van der Waals surface area contributed by atoms with Crippen LogP contribution in [0.5, 0.6) is 0 Å². The fourth-order valence-corrected chi connectivity index (χ4v) is 0.930. The molecule has 0 aliphatic carbocycles. The second kappa shape index (κ2) is 5.89. The minimum Gasteiger partial charge on any atom is -0.358 e. The number of hydrogen-bond acceptors (Lipinski definition) is 0. The summed E-state index contributed by atoms with van der Waals surface area (Å²) in [6.07, 6.45) is 0. The first-order valence-electron chi connectivity index (χ1n) is 3.21. The van der Waals surface area contributed by atoms with E-state index in [1.165, 1.54) is 0 Å². The molecular formula is C10H10FNW. The topological polar surface area (TPSA) is 4.36 Å². The van der Waals surface area contributed by atoms with Crippen LogP contribution in [0.2, 0.25) is 0 Å². The Kier molecular flexibility index (Phi) is 6.72. The van der Waals surface area contributed by atoms with Crippen molar-refractivity contribution in [2.24, 2.45) is 0 Å². The summed E-state index contributed by atoms with van der Waals surface area (Å²) in [6.45, 7) is 10.1. The van der Waals surface area contributed by atoms with Gasteiger partial charge in [0.25, 0.3) is 0 Å². The summed E-state index contributed by atoms with van der Waals surface area (Å²) in [5, 5.41) is 0. The van der Waals surface area contributed by atoms with E-state index < -0.39 is 5.82 Å². The van der Waals surface area contributed by atoms with Crippen molar-refractivity contribution in [3.05, 3.63) is 47.9 Å². The van der Waals surface area contributed by atoms with Crippen molar-refractivity contribution in [3.8, 4) is 0 Å². The molecule has 13 heavy (non-hydrogen) atoms. The Hall–Kier alpha value is -0.672. The number of rotatable bonds is 0. The summed E-state index contributed by atoms with van der Waals surface area (Å²) < 4.78 is 12.9. The van der Waals surface area contributed by atoms with Crippen LogP contribution in [0.1, 0.15) is 11.1 Å². The molecule has 68 valence electrons. The van der Waals surface area contributed by atoms with Crippen LogP contribution < -0.4 is 0 Å². The van der Waals surface area contributed by atoms with Crippen LogP contribution in [-0.2, 0) is 21.1 Å². The molecule has 0 atom stereocenters. The fourth-order valence-electron chi connectivity index (χ4n) is 0.930. The second-order valence-electron chi connectivity index (χ2n) is 2.41. The van der Waals surface area contributed by atoms with Gasteiger partial charge in [0.15, 0.2) is 0 Å². The van der Waals surface area contributed by atoms with Crippen LogP contribution in [0, 0.1) is 39.7 Å². The Morgan fingerprint density at radius 2 is 2.00 bits per heavy atom. The van der Waals surface area contributed by atoms with Crippen LogP contribution in [0.25, 0.3) is 4.85 Å². The van der Waals surface area contributed by atoms with E-state index in [0.717, 1.165) is 5.56 Å². The molecule has 0 N–H and O–H groups in total. The Balaban J connectivity index is 0. The van der Waals surface area contributed by atoms with Gasteiger partial charge in [-0.05, 0) is 0 Å². The number of benzene rings is 1. The molecule has 3 heteroatoms. The Bertz CT molecular complexity index is 328. The SMILES string of the molecule is [C-]#[N+]c1[c-]c(C)cc(C)c1F.[CH3-].[W+2]. The van der Waals surface area contributed by atoms with E-state index in [-0.39, 0.29) is 34.2 Å². The number of halogens is 1. The van der Waals surface area contributed by atoms with Crippen molar-refractivity contribution < 1.29 is 25.5 Å². The van der Waals surface area contributed by atoms with E-state index >= 15 is 0 Å². The molecule has 1 rings (SSSR count). The number of aryl methyl sites for hydroxylation is 2. The van der Waals surface area contributed by atoms with Gasteiger partial charge in [0.1, 0.15) is 5.69 Å². The van der Waals surface area contributed by atoms with Gasteiger partial charge < -0.3 is 7.43 Å². The largest absolute Gasteiger partial charge is 2.00 e. The average molecular weight is 347 g/mol. The van der Waals surface area contributed by atoms with Gasteiger partial charge in [0.2, 0.25) is 0 Å². The molecule has 1 aromatic carbocycles. The van der Waals surface area contributed by atoms with Crippen LogP contribution >= 0.6 is 0 Å². The van der Waals surface area contributed by atoms with Gasteiger partial charge in [0, 0.05) is 5.82 Å². The maximum absolute atomic E-state index is 12.9. The summed E-state index contributed by atoms with van der Waals surface area (Å²) in [6, 6.07) is 4.31. The van der Waals surface area contributed by atoms with Gasteiger partial charge in [-0.15, -0.1) is 5.56 Å². The quantitative estimate of drug-likeness (QED) is 0.635. The van der Waals surface area contributed by atoms with Crippen molar-refractivity contribution >= 4 is 5.69 Å². The van der Waals surface area contributed by atoms with Gasteiger partial charge >= 0.3 is 21.1 Å². The predicted molar refractivity (Wildman–Crippen MR) is 47.4 cm³/mol. The molecular weight excluding hydrogens is 337 g/mol. The molecule has 0 saturated carbocycles. The summed E-state index contributed by atoms with van der Waals surface area (Å²) >= 11 is 0. The van der Waals surface area contributed by atoms with E-state index in [2.05, 4.69) is 10.9 Å². The smallest absolute Gasteiger partial charge is 0.358 e. The zero-order chi connectivity index (χ0) is 8.43. The third kappa shape index (κ3) is 3.28. The zero-order valence-electron chi connectivity index (χ0n) is 7.81. The van der Waals surface area contributed by atoms with E-state index in [4.69, 9.17) is 6.57 Å². The Labute approximate surface area is 93.1 Å². The summed E-state index contributed by atoms with van der Waals surface area (Å²) in [7, 11) is 0. The second-order valence-corrected chi connectivity index (χ2v) is 2.41. The molecule has 1 aromatic rings. The number of nitrogens with zero attached hydrogens (tertiary/aromatic N) is 1. The van der Waals surface area contributed by atoms with Crippen molar-refractivity contribution in [2.45, 2.75) is 13.8 Å². The molecule has 0 saturated heterocycles. The molecule has 0 fully saturated rings. The summed E-state index contributed by atoms with van der Waals surface area (Å²) in [5.74, 6) is -0.453. The summed E-state index contributed by atoms with van der Waals surface area (Å²) in [5.41, 5.74) is 1.30. The molecule has 0 spiro atoms. The first-order chi connectivity index (χ1) is 5.15. The number of hydrogen-bond donors (Lipinski definition) is 0. The molecule has 1 nitrogen and oxygen atoms in total.